The largest absolute Gasteiger partial charge is 0.478 e. The molecule has 19 heavy (non-hydrogen) atoms. The van der Waals surface area contributed by atoms with Crippen molar-refractivity contribution in [2.45, 2.75) is 45.6 Å². The van der Waals surface area contributed by atoms with Gasteiger partial charge >= 0.3 is 5.97 Å². The molecule has 1 N–H and O–H groups in total. The molecular weight excluding hydrogens is 247 g/mol. The number of benzene rings is 1. The Hall–Kier alpha value is -1.42. The number of rotatable bonds is 9. The van der Waals surface area contributed by atoms with Crippen LogP contribution >= 0.6 is 0 Å². The van der Waals surface area contributed by atoms with E-state index in [0.717, 1.165) is 18.9 Å². The van der Waals surface area contributed by atoms with Gasteiger partial charge in [-0.25, -0.2) is 9.18 Å². The summed E-state index contributed by atoms with van der Waals surface area (Å²) >= 11 is 0. The lowest BCUT2D eigenvalue weighted by atomic mass is 10.1. The van der Waals surface area contributed by atoms with Gasteiger partial charge in [0.2, 0.25) is 0 Å². The van der Waals surface area contributed by atoms with Crippen LogP contribution in [0.1, 0.15) is 54.9 Å². The van der Waals surface area contributed by atoms with Gasteiger partial charge in [0.1, 0.15) is 5.82 Å². The first kappa shape index (κ1) is 15.6. The standard InChI is InChI=1S/C15H21FO3/c1-2-3-4-5-6-7-19-11-12-8-13(15(17)18)10-14(16)9-12/h8-10H,2-7,11H2,1H3,(H,17,18). The Labute approximate surface area is 113 Å². The van der Waals surface area contributed by atoms with Crippen molar-refractivity contribution in [3.63, 3.8) is 0 Å². The molecule has 0 aliphatic carbocycles. The molecule has 1 aromatic carbocycles. The monoisotopic (exact) mass is 268 g/mol. The first-order chi connectivity index (χ1) is 9.13. The zero-order valence-corrected chi connectivity index (χ0v) is 11.3. The van der Waals surface area contributed by atoms with E-state index in [1.54, 1.807) is 0 Å². The Balaban J connectivity index is 2.31. The Bertz CT molecular complexity index is 404. The minimum atomic E-state index is -1.12. The molecule has 3 nitrogen and oxygen atoms in total. The lowest BCUT2D eigenvalue weighted by Gasteiger charge is -2.06. The molecule has 0 atom stereocenters. The minimum absolute atomic E-state index is 0.0402. The van der Waals surface area contributed by atoms with Gasteiger partial charge in [0.05, 0.1) is 12.2 Å². The Morgan fingerprint density at radius 1 is 1.21 bits per heavy atom. The fraction of sp³-hybridized carbons (Fsp3) is 0.533. The fourth-order valence-electron chi connectivity index (χ4n) is 1.85. The lowest BCUT2D eigenvalue weighted by molar-refractivity contribution is 0.0695. The summed E-state index contributed by atoms with van der Waals surface area (Å²) < 4.78 is 18.6. The first-order valence-corrected chi connectivity index (χ1v) is 6.74. The normalized spacial score (nSPS) is 10.6. The highest BCUT2D eigenvalue weighted by Crippen LogP contribution is 2.11. The van der Waals surface area contributed by atoms with Crippen LogP contribution in [0.3, 0.4) is 0 Å². The van der Waals surface area contributed by atoms with E-state index in [-0.39, 0.29) is 12.2 Å². The number of carbonyl (C=O) groups is 1. The summed E-state index contributed by atoms with van der Waals surface area (Å²) in [5.41, 5.74) is 0.521. The zero-order valence-electron chi connectivity index (χ0n) is 11.3. The maximum atomic E-state index is 13.2. The van der Waals surface area contributed by atoms with Crippen molar-refractivity contribution in [1.82, 2.24) is 0 Å². The molecule has 0 aromatic heterocycles. The third-order valence-electron chi connectivity index (χ3n) is 2.87. The minimum Gasteiger partial charge on any atom is -0.478 e. The van der Waals surface area contributed by atoms with E-state index in [9.17, 15) is 9.18 Å². The third kappa shape index (κ3) is 6.34. The molecule has 0 aliphatic heterocycles. The Morgan fingerprint density at radius 2 is 1.95 bits per heavy atom. The van der Waals surface area contributed by atoms with Crippen molar-refractivity contribution in [2.24, 2.45) is 0 Å². The molecule has 0 saturated carbocycles. The van der Waals surface area contributed by atoms with E-state index in [0.29, 0.717) is 12.2 Å². The van der Waals surface area contributed by atoms with Crippen molar-refractivity contribution in [3.05, 3.63) is 35.1 Å². The maximum absolute atomic E-state index is 13.2. The SMILES string of the molecule is CCCCCCCOCc1cc(F)cc(C(=O)O)c1. The molecule has 0 unspecified atom stereocenters. The smallest absolute Gasteiger partial charge is 0.335 e. The maximum Gasteiger partial charge on any atom is 0.335 e. The molecule has 1 aromatic rings. The molecule has 0 amide bonds. The van der Waals surface area contributed by atoms with Gasteiger partial charge in [-0.2, -0.15) is 0 Å². The van der Waals surface area contributed by atoms with Crippen LogP contribution in [0, 0.1) is 5.82 Å². The van der Waals surface area contributed by atoms with Crippen LogP contribution in [0.2, 0.25) is 0 Å². The van der Waals surface area contributed by atoms with Crippen LogP contribution in [0.4, 0.5) is 4.39 Å². The van der Waals surface area contributed by atoms with E-state index in [1.165, 1.54) is 31.4 Å². The second kappa shape index (κ2) is 8.64. The molecule has 0 heterocycles. The molecular formula is C15H21FO3. The lowest BCUT2D eigenvalue weighted by Crippen LogP contribution is -2.01. The van der Waals surface area contributed by atoms with E-state index in [4.69, 9.17) is 9.84 Å². The molecule has 0 saturated heterocycles. The molecule has 1 rings (SSSR count). The Morgan fingerprint density at radius 3 is 2.63 bits per heavy atom. The summed E-state index contributed by atoms with van der Waals surface area (Å²) in [5.74, 6) is -1.67. The van der Waals surface area contributed by atoms with Gasteiger partial charge < -0.3 is 9.84 Å². The van der Waals surface area contributed by atoms with Gasteiger partial charge in [-0.1, -0.05) is 32.6 Å². The molecule has 0 radical (unpaired) electrons. The van der Waals surface area contributed by atoms with Crippen LogP contribution in [-0.2, 0) is 11.3 Å². The van der Waals surface area contributed by atoms with E-state index in [1.807, 2.05) is 0 Å². The van der Waals surface area contributed by atoms with E-state index >= 15 is 0 Å². The molecule has 0 spiro atoms. The quantitative estimate of drug-likeness (QED) is 0.688. The third-order valence-corrected chi connectivity index (χ3v) is 2.87. The summed E-state index contributed by atoms with van der Waals surface area (Å²) in [6.45, 7) is 3.05. The van der Waals surface area contributed by atoms with Crippen LogP contribution in [-0.4, -0.2) is 17.7 Å². The number of unbranched alkanes of at least 4 members (excludes halogenated alkanes) is 4. The molecule has 0 aliphatic rings. The van der Waals surface area contributed by atoms with Gasteiger partial charge in [0, 0.05) is 6.61 Å². The average molecular weight is 268 g/mol. The molecule has 0 bridgehead atoms. The summed E-state index contributed by atoms with van der Waals surface area (Å²) in [6, 6.07) is 3.77. The van der Waals surface area contributed by atoms with Crippen molar-refractivity contribution < 1.29 is 19.0 Å². The first-order valence-electron chi connectivity index (χ1n) is 6.74. The van der Waals surface area contributed by atoms with Gasteiger partial charge in [-0.15, -0.1) is 0 Å². The zero-order chi connectivity index (χ0) is 14.1. The summed E-state index contributed by atoms with van der Waals surface area (Å²) in [7, 11) is 0. The fourth-order valence-corrected chi connectivity index (χ4v) is 1.85. The highest BCUT2D eigenvalue weighted by Gasteiger charge is 2.07. The number of halogens is 1. The molecule has 4 heteroatoms. The van der Waals surface area contributed by atoms with Crippen LogP contribution in [0.25, 0.3) is 0 Å². The number of carboxylic acids is 1. The molecule has 0 fully saturated rings. The Kier molecular flexibility index (Phi) is 7.11. The number of hydrogen-bond acceptors (Lipinski definition) is 2. The van der Waals surface area contributed by atoms with Crippen LogP contribution < -0.4 is 0 Å². The molecule has 106 valence electrons. The highest BCUT2D eigenvalue weighted by atomic mass is 19.1. The van der Waals surface area contributed by atoms with Crippen LogP contribution in [0.15, 0.2) is 18.2 Å². The predicted molar refractivity (Wildman–Crippen MR) is 71.8 cm³/mol. The predicted octanol–water partition coefficient (Wildman–Crippen LogP) is 4.01. The number of ether oxygens (including phenoxy) is 1. The van der Waals surface area contributed by atoms with E-state index < -0.39 is 11.8 Å². The van der Waals surface area contributed by atoms with Gasteiger partial charge in [-0.05, 0) is 30.2 Å². The number of hydrogen-bond donors (Lipinski definition) is 1. The van der Waals surface area contributed by atoms with E-state index in [2.05, 4.69) is 6.92 Å². The van der Waals surface area contributed by atoms with Gasteiger partial charge in [-0.3, -0.25) is 0 Å². The average Bonchev–Trinajstić information content (AvgIpc) is 2.37. The van der Waals surface area contributed by atoms with Gasteiger partial charge in [0.25, 0.3) is 0 Å². The van der Waals surface area contributed by atoms with Crippen molar-refractivity contribution >= 4 is 5.97 Å². The van der Waals surface area contributed by atoms with Crippen molar-refractivity contribution in [1.29, 1.82) is 0 Å². The van der Waals surface area contributed by atoms with Crippen molar-refractivity contribution in [2.75, 3.05) is 6.61 Å². The van der Waals surface area contributed by atoms with Gasteiger partial charge in [0.15, 0.2) is 0 Å². The number of carboxylic acid groups (broad SMARTS) is 1. The summed E-state index contributed by atoms with van der Waals surface area (Å²) in [6.07, 6.45) is 5.79. The second-order valence-electron chi connectivity index (χ2n) is 4.62. The highest BCUT2D eigenvalue weighted by molar-refractivity contribution is 5.87. The number of aromatic carboxylic acids is 1. The summed E-state index contributed by atoms with van der Waals surface area (Å²) in [4.78, 5) is 10.8. The topological polar surface area (TPSA) is 46.5 Å². The van der Waals surface area contributed by atoms with Crippen molar-refractivity contribution in [3.8, 4) is 0 Å². The summed E-state index contributed by atoms with van der Waals surface area (Å²) in [5, 5.41) is 8.82. The second-order valence-corrected chi connectivity index (χ2v) is 4.62. The van der Waals surface area contributed by atoms with Crippen LogP contribution in [0.5, 0.6) is 0 Å².